The number of nitrogens with zero attached hydrogens (tertiary/aromatic N) is 1. The van der Waals surface area contributed by atoms with Crippen LogP contribution in [0.2, 0.25) is 0 Å². The topological polar surface area (TPSA) is 29.5 Å². The van der Waals surface area contributed by atoms with E-state index in [2.05, 4.69) is 12.0 Å². The minimum Gasteiger partial charge on any atom is -0.493 e. The van der Waals surface area contributed by atoms with Gasteiger partial charge in [0.05, 0.1) is 6.61 Å². The molecule has 0 bridgehead atoms. The molecule has 18 heavy (non-hydrogen) atoms. The third kappa shape index (κ3) is 2.19. The Hall–Kier alpha value is -1.95. The summed E-state index contributed by atoms with van der Waals surface area (Å²) in [5, 5.41) is 0. The first-order valence-electron chi connectivity index (χ1n) is 6.39. The number of carbonyl (C=O) groups is 1. The number of carbonyl (C=O) groups excluding carboxylic acids is 1. The zero-order valence-corrected chi connectivity index (χ0v) is 10.2. The number of Topliss-reactive ketones (excluding diaryl/α,β-unsaturated/α-hetero) is 1. The number of likely N-dealkylation sites (tertiary alicyclic amines) is 1. The number of ketones is 1. The van der Waals surface area contributed by atoms with Crippen molar-refractivity contribution in [2.24, 2.45) is 0 Å². The van der Waals surface area contributed by atoms with Gasteiger partial charge in [0.1, 0.15) is 5.75 Å². The summed E-state index contributed by atoms with van der Waals surface area (Å²) in [4.78, 5) is 14.0. The second-order valence-electron chi connectivity index (χ2n) is 4.68. The zero-order valence-electron chi connectivity index (χ0n) is 10.2. The molecular formula is C15H15NO2. The summed E-state index contributed by atoms with van der Waals surface area (Å²) in [5.41, 5.74) is 1.79. The van der Waals surface area contributed by atoms with E-state index in [1.807, 2.05) is 17.0 Å². The van der Waals surface area contributed by atoms with E-state index in [1.54, 1.807) is 6.07 Å². The van der Waals surface area contributed by atoms with E-state index in [0.717, 1.165) is 30.8 Å². The lowest BCUT2D eigenvalue weighted by Crippen LogP contribution is -2.12. The molecule has 3 rings (SSSR count). The van der Waals surface area contributed by atoms with Crippen molar-refractivity contribution in [3.05, 3.63) is 29.3 Å². The highest BCUT2D eigenvalue weighted by molar-refractivity contribution is 6.09. The van der Waals surface area contributed by atoms with Gasteiger partial charge in [-0.15, -0.1) is 0 Å². The Morgan fingerprint density at radius 3 is 2.94 bits per heavy atom. The lowest BCUT2D eigenvalue weighted by Gasteiger charge is -2.05. The lowest BCUT2D eigenvalue weighted by atomic mass is 10.1. The van der Waals surface area contributed by atoms with Gasteiger partial charge in [-0.1, -0.05) is 0 Å². The average Bonchev–Trinajstić information content (AvgIpc) is 3.05. The van der Waals surface area contributed by atoms with Crippen LogP contribution in [0.15, 0.2) is 18.2 Å². The Kier molecular flexibility index (Phi) is 2.93. The highest BCUT2D eigenvalue weighted by Crippen LogP contribution is 2.25. The minimum absolute atomic E-state index is 0.100. The number of hydrogen-bond donors (Lipinski definition) is 0. The van der Waals surface area contributed by atoms with Crippen molar-refractivity contribution in [3.8, 4) is 17.7 Å². The minimum atomic E-state index is -0.100. The van der Waals surface area contributed by atoms with Gasteiger partial charge in [0.25, 0.3) is 0 Å². The smallest absolute Gasteiger partial charge is 0.237 e. The molecule has 1 saturated heterocycles. The van der Waals surface area contributed by atoms with Crippen LogP contribution in [0.3, 0.4) is 0 Å². The maximum atomic E-state index is 12.0. The first-order valence-corrected chi connectivity index (χ1v) is 6.39. The average molecular weight is 241 g/mol. The van der Waals surface area contributed by atoms with E-state index in [4.69, 9.17) is 4.74 Å². The maximum Gasteiger partial charge on any atom is 0.237 e. The SMILES string of the molecule is O=C(C#CN1CCCC1)c1ccc2c(c1)CCO2. The van der Waals surface area contributed by atoms with Gasteiger partial charge in [0.15, 0.2) is 0 Å². The van der Waals surface area contributed by atoms with Gasteiger partial charge < -0.3 is 9.64 Å². The lowest BCUT2D eigenvalue weighted by molar-refractivity contribution is 0.105. The van der Waals surface area contributed by atoms with E-state index >= 15 is 0 Å². The van der Waals surface area contributed by atoms with Gasteiger partial charge in [-0.3, -0.25) is 4.79 Å². The number of rotatable bonds is 1. The zero-order chi connectivity index (χ0) is 12.4. The first-order chi connectivity index (χ1) is 8.83. The molecule has 0 N–H and O–H groups in total. The highest BCUT2D eigenvalue weighted by atomic mass is 16.5. The molecule has 92 valence electrons. The number of fused-ring (bicyclic) bond motifs is 1. The van der Waals surface area contributed by atoms with Crippen molar-refractivity contribution >= 4 is 5.78 Å². The summed E-state index contributed by atoms with van der Waals surface area (Å²) < 4.78 is 5.42. The predicted molar refractivity (Wildman–Crippen MR) is 68.6 cm³/mol. The second-order valence-corrected chi connectivity index (χ2v) is 4.68. The van der Waals surface area contributed by atoms with Gasteiger partial charge >= 0.3 is 0 Å². The van der Waals surface area contributed by atoms with Crippen molar-refractivity contribution in [1.29, 1.82) is 0 Å². The molecule has 3 nitrogen and oxygen atoms in total. The molecule has 1 fully saturated rings. The quantitative estimate of drug-likeness (QED) is 0.555. The van der Waals surface area contributed by atoms with Gasteiger partial charge in [0.2, 0.25) is 5.78 Å². The fourth-order valence-corrected chi connectivity index (χ4v) is 2.36. The van der Waals surface area contributed by atoms with Crippen molar-refractivity contribution < 1.29 is 9.53 Å². The van der Waals surface area contributed by atoms with E-state index in [-0.39, 0.29) is 5.78 Å². The van der Waals surface area contributed by atoms with Crippen LogP contribution >= 0.6 is 0 Å². The Morgan fingerprint density at radius 1 is 1.28 bits per heavy atom. The largest absolute Gasteiger partial charge is 0.493 e. The molecule has 2 aliphatic heterocycles. The molecule has 0 saturated carbocycles. The van der Waals surface area contributed by atoms with E-state index in [1.165, 1.54) is 12.8 Å². The van der Waals surface area contributed by atoms with Gasteiger partial charge in [-0.25, -0.2) is 0 Å². The first kappa shape index (κ1) is 11.2. The molecule has 0 unspecified atom stereocenters. The highest BCUT2D eigenvalue weighted by Gasteiger charge is 2.14. The van der Waals surface area contributed by atoms with Gasteiger partial charge in [-0.2, -0.15) is 0 Å². The van der Waals surface area contributed by atoms with Gasteiger partial charge in [0, 0.05) is 31.1 Å². The molecule has 0 aromatic heterocycles. The van der Waals surface area contributed by atoms with Gasteiger partial charge in [-0.05, 0) is 42.5 Å². The Labute approximate surface area is 107 Å². The van der Waals surface area contributed by atoms with E-state index in [9.17, 15) is 4.79 Å². The standard InChI is InChI=1S/C15H15NO2/c17-14(5-9-16-7-1-2-8-16)12-3-4-15-13(11-12)6-10-18-15/h3-4,11H,1-2,6-8,10H2. The summed E-state index contributed by atoms with van der Waals surface area (Å²) in [6, 6.07) is 8.52. The summed E-state index contributed by atoms with van der Waals surface area (Å²) in [7, 11) is 0. The second kappa shape index (κ2) is 4.73. The monoisotopic (exact) mass is 241 g/mol. The Morgan fingerprint density at radius 2 is 2.11 bits per heavy atom. The van der Waals surface area contributed by atoms with Crippen molar-refractivity contribution in [1.82, 2.24) is 4.90 Å². The molecule has 1 aromatic rings. The normalized spacial score (nSPS) is 16.8. The Balaban J connectivity index is 1.75. The molecule has 2 heterocycles. The van der Waals surface area contributed by atoms with Crippen molar-refractivity contribution in [2.45, 2.75) is 19.3 Å². The molecule has 3 heteroatoms. The van der Waals surface area contributed by atoms with E-state index < -0.39 is 0 Å². The third-order valence-corrected chi connectivity index (χ3v) is 3.39. The molecule has 1 aromatic carbocycles. The molecule has 0 spiro atoms. The van der Waals surface area contributed by atoms with Crippen LogP contribution in [0.1, 0.15) is 28.8 Å². The molecular weight excluding hydrogens is 226 g/mol. The predicted octanol–water partition coefficient (Wildman–Crippen LogP) is 1.86. The van der Waals surface area contributed by atoms with Crippen LogP contribution in [0.25, 0.3) is 0 Å². The van der Waals surface area contributed by atoms with Crippen molar-refractivity contribution in [2.75, 3.05) is 19.7 Å². The molecule has 0 atom stereocenters. The third-order valence-electron chi connectivity index (χ3n) is 3.39. The number of benzene rings is 1. The van der Waals surface area contributed by atoms with Crippen LogP contribution in [0, 0.1) is 12.0 Å². The van der Waals surface area contributed by atoms with Crippen LogP contribution in [0.5, 0.6) is 5.75 Å². The molecule has 0 radical (unpaired) electrons. The van der Waals surface area contributed by atoms with E-state index in [0.29, 0.717) is 12.2 Å². The summed E-state index contributed by atoms with van der Waals surface area (Å²) in [5.74, 6) is 3.53. The van der Waals surface area contributed by atoms with Crippen LogP contribution in [-0.4, -0.2) is 30.4 Å². The molecule has 0 aliphatic carbocycles. The van der Waals surface area contributed by atoms with Crippen molar-refractivity contribution in [3.63, 3.8) is 0 Å². The number of ether oxygens (including phenoxy) is 1. The number of hydrogen-bond acceptors (Lipinski definition) is 3. The Bertz CT molecular complexity index is 533. The fourth-order valence-electron chi connectivity index (χ4n) is 2.36. The summed E-state index contributed by atoms with van der Waals surface area (Å²) >= 11 is 0. The summed E-state index contributed by atoms with van der Waals surface area (Å²) in [6.45, 7) is 2.68. The van der Waals surface area contributed by atoms with Crippen LogP contribution < -0.4 is 4.74 Å². The maximum absolute atomic E-state index is 12.0. The fraction of sp³-hybridized carbons (Fsp3) is 0.400. The summed E-state index contributed by atoms with van der Waals surface area (Å²) in [6.07, 6.45) is 3.24. The van der Waals surface area contributed by atoms with Crippen LogP contribution in [0.4, 0.5) is 0 Å². The molecule has 2 aliphatic rings. The van der Waals surface area contributed by atoms with Crippen LogP contribution in [-0.2, 0) is 6.42 Å². The molecule has 0 amide bonds.